The Bertz CT molecular complexity index is 1350. The van der Waals surface area contributed by atoms with Crippen molar-refractivity contribution < 1.29 is 66.4 Å². The molecule has 17 heteroatoms. The fourth-order valence-electron chi connectivity index (χ4n) is 3.66. The number of benzene rings is 2. The standard InChI is InChI=1S/C23H23F9O6S2/c1-5-38-40(34,35)39(6-2,23(31,32)21(26,27)20(24,25)22(28,29)30)16-9-7-8-14(12-16)19(33)17-11-10-15(36-3)13-18(17)37-4/h7-13H,5-6H2,1-4H3. The van der Waals surface area contributed by atoms with Gasteiger partial charge in [-0.2, -0.15) is 47.9 Å². The van der Waals surface area contributed by atoms with Crippen molar-refractivity contribution in [2.75, 3.05) is 26.6 Å². The van der Waals surface area contributed by atoms with Gasteiger partial charge in [0.15, 0.2) is 5.78 Å². The Hall–Kier alpha value is -2.66. The van der Waals surface area contributed by atoms with E-state index in [0.29, 0.717) is 19.1 Å². The molecule has 0 N–H and O–H groups in total. The van der Waals surface area contributed by atoms with Crippen LogP contribution in [0, 0.1) is 0 Å². The van der Waals surface area contributed by atoms with Crippen molar-refractivity contribution in [2.24, 2.45) is 0 Å². The molecule has 0 spiro atoms. The van der Waals surface area contributed by atoms with Crippen LogP contribution in [-0.2, 0) is 13.3 Å². The molecule has 2 aromatic rings. The zero-order valence-electron chi connectivity index (χ0n) is 21.1. The number of carbonyl (C=O) groups excluding carboxylic acids is 1. The maximum Gasteiger partial charge on any atom is 0.460 e. The number of halogens is 9. The lowest BCUT2D eigenvalue weighted by molar-refractivity contribution is -0.381. The van der Waals surface area contributed by atoms with Crippen molar-refractivity contribution in [3.8, 4) is 11.5 Å². The SMILES string of the molecule is CCOS(=O)(=O)S(CC)(c1cccc(C(=O)c2ccc(OC)cc2OC)c1)C(F)(F)C(F)(F)C(F)(F)C(F)(F)F. The van der Waals surface area contributed by atoms with Crippen LogP contribution in [-0.4, -0.2) is 64.1 Å². The van der Waals surface area contributed by atoms with Crippen molar-refractivity contribution in [3.05, 3.63) is 53.6 Å². The molecule has 0 saturated carbocycles. The van der Waals surface area contributed by atoms with Gasteiger partial charge in [0.2, 0.25) is 0 Å². The molecule has 226 valence electrons. The highest BCUT2D eigenvalue weighted by Crippen LogP contribution is 2.77. The van der Waals surface area contributed by atoms with E-state index in [1.54, 1.807) is 0 Å². The molecule has 0 aromatic heterocycles. The number of ketones is 1. The second-order valence-electron chi connectivity index (χ2n) is 7.87. The van der Waals surface area contributed by atoms with E-state index in [0.717, 1.165) is 26.2 Å². The average molecular weight is 631 g/mol. The van der Waals surface area contributed by atoms with E-state index in [1.807, 2.05) is 0 Å². The van der Waals surface area contributed by atoms with E-state index in [4.69, 9.17) is 9.47 Å². The number of carbonyl (C=O) groups is 1. The number of rotatable bonds is 12. The van der Waals surface area contributed by atoms with Crippen molar-refractivity contribution in [2.45, 2.75) is 42.0 Å². The molecule has 40 heavy (non-hydrogen) atoms. The minimum Gasteiger partial charge on any atom is -0.497 e. The van der Waals surface area contributed by atoms with Crippen LogP contribution in [0.3, 0.4) is 0 Å². The highest BCUT2D eigenvalue weighted by molar-refractivity contribution is 8.89. The molecule has 2 aromatic carbocycles. The Labute approximate surface area is 224 Å². The molecule has 0 heterocycles. The Morgan fingerprint density at radius 2 is 1.43 bits per heavy atom. The lowest BCUT2D eigenvalue weighted by atomic mass is 10.0. The van der Waals surface area contributed by atoms with E-state index in [1.165, 1.54) is 25.3 Å². The van der Waals surface area contributed by atoms with Gasteiger partial charge in [-0.1, -0.05) is 19.1 Å². The smallest absolute Gasteiger partial charge is 0.460 e. The molecule has 6 nitrogen and oxygen atoms in total. The summed E-state index contributed by atoms with van der Waals surface area (Å²) in [6.07, 6.45) is -7.18. The summed E-state index contributed by atoms with van der Waals surface area (Å²) < 4.78 is 168. The molecule has 0 radical (unpaired) electrons. The highest BCUT2D eigenvalue weighted by atomic mass is 33.2. The van der Waals surface area contributed by atoms with Gasteiger partial charge < -0.3 is 9.47 Å². The van der Waals surface area contributed by atoms with Gasteiger partial charge in [-0.05, 0) is 46.0 Å². The van der Waals surface area contributed by atoms with Gasteiger partial charge in [-0.15, -0.1) is 0 Å². The molecular weight excluding hydrogens is 607 g/mol. The number of ether oxygens (including phenoxy) is 2. The van der Waals surface area contributed by atoms with Gasteiger partial charge in [-0.25, -0.2) is 0 Å². The lowest BCUT2D eigenvalue weighted by Gasteiger charge is -2.47. The summed E-state index contributed by atoms with van der Waals surface area (Å²) in [5.41, 5.74) is -0.828. The lowest BCUT2D eigenvalue weighted by Crippen LogP contribution is -2.63. The van der Waals surface area contributed by atoms with Crippen LogP contribution < -0.4 is 9.47 Å². The van der Waals surface area contributed by atoms with E-state index < -0.39 is 70.1 Å². The number of hydrogen-bond donors (Lipinski definition) is 0. The van der Waals surface area contributed by atoms with Crippen LogP contribution in [0.5, 0.6) is 11.5 Å². The van der Waals surface area contributed by atoms with Crippen molar-refractivity contribution in [1.29, 1.82) is 0 Å². The van der Waals surface area contributed by atoms with E-state index in [-0.39, 0.29) is 17.1 Å². The Balaban J connectivity index is 2.93. The third-order valence-corrected chi connectivity index (χ3v) is 14.1. The van der Waals surface area contributed by atoms with E-state index >= 15 is 8.78 Å². The van der Waals surface area contributed by atoms with Crippen molar-refractivity contribution >= 4 is 24.0 Å². The predicted octanol–water partition coefficient (Wildman–Crippen LogP) is 6.83. The first kappa shape index (κ1) is 33.5. The molecule has 0 aliphatic carbocycles. The van der Waals surface area contributed by atoms with Crippen LogP contribution in [0.15, 0.2) is 47.4 Å². The fraction of sp³-hybridized carbons (Fsp3) is 0.435. The average Bonchev–Trinajstić information content (AvgIpc) is 2.87. The van der Waals surface area contributed by atoms with Crippen LogP contribution in [0.4, 0.5) is 39.5 Å². The zero-order valence-corrected chi connectivity index (χ0v) is 22.8. The maximum atomic E-state index is 15.6. The Morgan fingerprint density at radius 1 is 0.825 bits per heavy atom. The zero-order chi connectivity index (χ0) is 30.9. The van der Waals surface area contributed by atoms with Crippen LogP contribution in [0.2, 0.25) is 0 Å². The van der Waals surface area contributed by atoms with Crippen molar-refractivity contribution in [1.82, 2.24) is 0 Å². The van der Waals surface area contributed by atoms with Crippen LogP contribution in [0.25, 0.3) is 0 Å². The van der Waals surface area contributed by atoms with Crippen molar-refractivity contribution in [3.63, 3.8) is 0 Å². The summed E-state index contributed by atoms with van der Waals surface area (Å²) in [6.45, 7) is 0.576. The number of hydrogen-bond acceptors (Lipinski definition) is 6. The Morgan fingerprint density at radius 3 is 1.90 bits per heavy atom. The van der Waals surface area contributed by atoms with Gasteiger partial charge in [0.25, 0.3) is 0 Å². The topological polar surface area (TPSA) is 78.9 Å². The van der Waals surface area contributed by atoms with E-state index in [2.05, 4.69) is 4.18 Å². The summed E-state index contributed by atoms with van der Waals surface area (Å²) in [5.74, 6) is -17.1. The maximum absolute atomic E-state index is 15.6. The van der Waals surface area contributed by atoms with Crippen LogP contribution in [0.1, 0.15) is 29.8 Å². The molecule has 0 saturated heterocycles. The molecule has 0 aliphatic heterocycles. The third-order valence-electron chi connectivity index (χ3n) is 5.68. The van der Waals surface area contributed by atoms with Crippen LogP contribution >= 0.6 is 9.06 Å². The molecule has 2 rings (SSSR count). The van der Waals surface area contributed by atoms with Gasteiger partial charge in [0.05, 0.1) is 26.4 Å². The van der Waals surface area contributed by atoms with Gasteiger partial charge in [-0.3, -0.25) is 8.98 Å². The van der Waals surface area contributed by atoms with Gasteiger partial charge in [0.1, 0.15) is 11.5 Å². The minimum absolute atomic E-state index is 0.104. The minimum atomic E-state index is -7.36. The first-order valence-corrected chi connectivity index (χ1v) is 14.7. The van der Waals surface area contributed by atoms with E-state index in [9.17, 15) is 43.9 Å². The monoisotopic (exact) mass is 630 g/mol. The third kappa shape index (κ3) is 5.11. The quantitative estimate of drug-likeness (QED) is 0.146. The highest BCUT2D eigenvalue weighted by Gasteiger charge is 2.86. The first-order chi connectivity index (χ1) is 18.2. The first-order valence-electron chi connectivity index (χ1n) is 11.0. The molecular formula is C23H23F9O6S2. The predicted molar refractivity (Wildman–Crippen MR) is 127 cm³/mol. The van der Waals surface area contributed by atoms with Gasteiger partial charge >= 0.3 is 32.4 Å². The molecule has 1 atom stereocenters. The molecule has 0 bridgehead atoms. The summed E-state index contributed by atoms with van der Waals surface area (Å²) in [6, 6.07) is 6.40. The summed E-state index contributed by atoms with van der Waals surface area (Å²) in [7, 11) is -9.37. The Kier molecular flexibility index (Phi) is 9.49. The second kappa shape index (κ2) is 11.3. The largest absolute Gasteiger partial charge is 0.497 e. The molecule has 0 aliphatic rings. The summed E-state index contributed by atoms with van der Waals surface area (Å²) >= 11 is 0. The molecule has 0 amide bonds. The number of methoxy groups -OCH3 is 2. The molecule has 1 unspecified atom stereocenters. The fourth-order valence-corrected chi connectivity index (χ4v) is 10.8. The normalized spacial score (nSPS) is 15.7. The van der Waals surface area contributed by atoms with Gasteiger partial charge in [0, 0.05) is 16.5 Å². The summed E-state index contributed by atoms with van der Waals surface area (Å²) in [5, 5.41) is -6.57. The summed E-state index contributed by atoms with van der Waals surface area (Å²) in [4.78, 5) is 11.9. The number of alkyl halides is 9. The second-order valence-corrected chi connectivity index (χ2v) is 14.8. The molecule has 0 fully saturated rings.